The third-order valence-electron chi connectivity index (χ3n) is 4.54. The number of rotatable bonds is 6. The summed E-state index contributed by atoms with van der Waals surface area (Å²) in [5.74, 6) is 0.658. The summed E-state index contributed by atoms with van der Waals surface area (Å²) in [4.78, 5) is 4.53. The highest BCUT2D eigenvalue weighted by atomic mass is 79.9. The first-order chi connectivity index (χ1) is 9.76. The Kier molecular flexibility index (Phi) is 4.74. The van der Waals surface area contributed by atoms with Crippen molar-refractivity contribution in [3.8, 4) is 0 Å². The molecule has 2 aliphatic rings. The molecule has 1 aromatic heterocycles. The molecule has 0 aromatic carbocycles. The van der Waals surface area contributed by atoms with E-state index in [9.17, 15) is 0 Å². The normalized spacial score (nSPS) is 29.8. The number of pyridine rings is 1. The van der Waals surface area contributed by atoms with Gasteiger partial charge in [0.25, 0.3) is 0 Å². The highest BCUT2D eigenvalue weighted by Crippen LogP contribution is 2.41. The van der Waals surface area contributed by atoms with Crippen molar-refractivity contribution in [2.75, 3.05) is 6.54 Å². The van der Waals surface area contributed by atoms with Crippen LogP contribution in [0.1, 0.15) is 38.3 Å². The summed E-state index contributed by atoms with van der Waals surface area (Å²) in [6.07, 6.45) is 8.80. The highest BCUT2D eigenvalue weighted by molar-refractivity contribution is 9.10. The first-order valence-electron chi connectivity index (χ1n) is 7.75. The number of nitrogens with one attached hydrogen (secondary N) is 1. The molecule has 0 spiro atoms. The zero-order chi connectivity index (χ0) is 13.9. The summed E-state index contributed by atoms with van der Waals surface area (Å²) < 4.78 is 7.08. The summed E-state index contributed by atoms with van der Waals surface area (Å²) in [5.41, 5.74) is 1.17. The average Bonchev–Trinajstić information content (AvgIpc) is 3.08. The lowest BCUT2D eigenvalue weighted by molar-refractivity contribution is 0.0856. The second-order valence-corrected chi connectivity index (χ2v) is 6.92. The number of hydrogen-bond donors (Lipinski definition) is 1. The van der Waals surface area contributed by atoms with E-state index in [0.717, 1.165) is 17.4 Å². The van der Waals surface area contributed by atoms with Crippen LogP contribution in [-0.2, 0) is 11.2 Å². The number of hydrogen-bond acceptors (Lipinski definition) is 3. The highest BCUT2D eigenvalue weighted by Gasteiger charge is 2.44. The van der Waals surface area contributed by atoms with Crippen molar-refractivity contribution in [3.63, 3.8) is 0 Å². The van der Waals surface area contributed by atoms with E-state index in [1.165, 1.54) is 31.4 Å². The van der Waals surface area contributed by atoms with Crippen LogP contribution < -0.4 is 5.32 Å². The molecular formula is C16H23BrN2O. The zero-order valence-electron chi connectivity index (χ0n) is 12.0. The molecule has 4 atom stereocenters. The topological polar surface area (TPSA) is 34.2 Å². The number of nitrogens with zero attached hydrogens (tertiary/aromatic N) is 1. The third-order valence-corrected chi connectivity index (χ3v) is 5.01. The molecule has 3 nitrogen and oxygen atoms in total. The maximum Gasteiger partial charge on any atom is 0.0623 e. The van der Waals surface area contributed by atoms with Crippen LogP contribution in [0.25, 0.3) is 0 Å². The van der Waals surface area contributed by atoms with Crippen molar-refractivity contribution >= 4 is 15.9 Å². The molecule has 2 fully saturated rings. The average molecular weight is 339 g/mol. The summed E-state index contributed by atoms with van der Waals surface area (Å²) in [6.45, 7) is 3.30. The molecular weight excluding hydrogens is 316 g/mol. The fourth-order valence-electron chi connectivity index (χ4n) is 3.56. The minimum atomic E-state index is 0.477. The van der Waals surface area contributed by atoms with Gasteiger partial charge in [-0.25, -0.2) is 0 Å². The molecule has 0 saturated carbocycles. The van der Waals surface area contributed by atoms with Crippen LogP contribution in [0.5, 0.6) is 0 Å². The maximum absolute atomic E-state index is 6.03. The monoisotopic (exact) mass is 338 g/mol. The smallest absolute Gasteiger partial charge is 0.0623 e. The van der Waals surface area contributed by atoms with Crippen LogP contribution in [0.3, 0.4) is 0 Å². The molecule has 0 amide bonds. The van der Waals surface area contributed by atoms with E-state index in [0.29, 0.717) is 24.2 Å². The van der Waals surface area contributed by atoms with Crippen LogP contribution in [0.2, 0.25) is 0 Å². The van der Waals surface area contributed by atoms with Crippen molar-refractivity contribution in [2.24, 2.45) is 5.92 Å². The Balaban J connectivity index is 1.67. The van der Waals surface area contributed by atoms with Crippen LogP contribution in [0.15, 0.2) is 22.8 Å². The van der Waals surface area contributed by atoms with Gasteiger partial charge in [0.15, 0.2) is 0 Å². The Morgan fingerprint density at radius 1 is 1.45 bits per heavy atom. The second-order valence-electron chi connectivity index (χ2n) is 6.01. The molecule has 2 saturated heterocycles. The Labute approximate surface area is 129 Å². The van der Waals surface area contributed by atoms with Crippen molar-refractivity contribution in [1.82, 2.24) is 10.3 Å². The SMILES string of the molecule is CCCNC(Cc1ccc(Br)cn1)C1CC2CCC1O2. The largest absolute Gasteiger partial charge is 0.375 e. The Bertz CT molecular complexity index is 437. The minimum absolute atomic E-state index is 0.477. The fraction of sp³-hybridized carbons (Fsp3) is 0.688. The molecule has 0 radical (unpaired) electrons. The van der Waals surface area contributed by atoms with Gasteiger partial charge in [0.2, 0.25) is 0 Å². The van der Waals surface area contributed by atoms with E-state index >= 15 is 0 Å². The van der Waals surface area contributed by atoms with E-state index in [1.807, 2.05) is 6.20 Å². The van der Waals surface area contributed by atoms with Crippen molar-refractivity contribution in [3.05, 3.63) is 28.5 Å². The number of aromatic nitrogens is 1. The molecule has 4 unspecified atom stereocenters. The molecule has 4 heteroatoms. The molecule has 110 valence electrons. The van der Waals surface area contributed by atoms with Crippen LogP contribution >= 0.6 is 15.9 Å². The van der Waals surface area contributed by atoms with Gasteiger partial charge in [-0.05, 0) is 60.3 Å². The molecule has 3 rings (SSSR count). The lowest BCUT2D eigenvalue weighted by Crippen LogP contribution is -2.42. The number of fused-ring (bicyclic) bond motifs is 2. The molecule has 1 N–H and O–H groups in total. The molecule has 2 aliphatic heterocycles. The standard InChI is InChI=1S/C16H23BrN2O/c1-2-7-18-15(8-12-4-3-11(17)10-19-12)14-9-13-5-6-16(14)20-13/h3-4,10,13-16,18H,2,5-9H2,1H3. The zero-order valence-corrected chi connectivity index (χ0v) is 13.6. The lowest BCUT2D eigenvalue weighted by Gasteiger charge is -2.29. The van der Waals surface area contributed by atoms with E-state index < -0.39 is 0 Å². The van der Waals surface area contributed by atoms with Gasteiger partial charge in [0.05, 0.1) is 12.2 Å². The fourth-order valence-corrected chi connectivity index (χ4v) is 3.79. The van der Waals surface area contributed by atoms with Crippen LogP contribution in [0, 0.1) is 5.92 Å². The summed E-state index contributed by atoms with van der Waals surface area (Å²) >= 11 is 3.45. The predicted molar refractivity (Wildman–Crippen MR) is 83.7 cm³/mol. The van der Waals surface area contributed by atoms with Crippen molar-refractivity contribution < 1.29 is 4.74 Å². The van der Waals surface area contributed by atoms with Gasteiger partial charge in [-0.3, -0.25) is 4.98 Å². The quantitative estimate of drug-likeness (QED) is 0.863. The maximum atomic E-state index is 6.03. The van der Waals surface area contributed by atoms with E-state index in [4.69, 9.17) is 4.74 Å². The van der Waals surface area contributed by atoms with Crippen molar-refractivity contribution in [1.29, 1.82) is 0 Å². The van der Waals surface area contributed by atoms with Crippen LogP contribution in [0.4, 0.5) is 0 Å². The van der Waals surface area contributed by atoms with E-state index in [1.54, 1.807) is 0 Å². The summed E-state index contributed by atoms with van der Waals surface area (Å²) in [7, 11) is 0. The van der Waals surface area contributed by atoms with E-state index in [-0.39, 0.29) is 0 Å². The number of ether oxygens (including phenoxy) is 1. The van der Waals surface area contributed by atoms with Gasteiger partial charge >= 0.3 is 0 Å². The lowest BCUT2D eigenvalue weighted by atomic mass is 9.82. The van der Waals surface area contributed by atoms with Crippen LogP contribution in [-0.4, -0.2) is 29.8 Å². The van der Waals surface area contributed by atoms with Gasteiger partial charge in [-0.15, -0.1) is 0 Å². The molecule has 1 aromatic rings. The minimum Gasteiger partial charge on any atom is -0.375 e. The molecule has 0 aliphatic carbocycles. The predicted octanol–water partition coefficient (Wildman–Crippen LogP) is 3.32. The van der Waals surface area contributed by atoms with Gasteiger partial charge in [0, 0.05) is 34.7 Å². The van der Waals surface area contributed by atoms with Gasteiger partial charge in [0.1, 0.15) is 0 Å². The summed E-state index contributed by atoms with van der Waals surface area (Å²) in [5, 5.41) is 3.73. The molecule has 3 heterocycles. The van der Waals surface area contributed by atoms with Gasteiger partial charge in [-0.2, -0.15) is 0 Å². The van der Waals surface area contributed by atoms with Crippen molar-refractivity contribution in [2.45, 2.75) is 57.3 Å². The van der Waals surface area contributed by atoms with E-state index in [2.05, 4.69) is 45.3 Å². The summed E-state index contributed by atoms with van der Waals surface area (Å²) in [6, 6.07) is 4.70. The Morgan fingerprint density at radius 2 is 2.35 bits per heavy atom. The Morgan fingerprint density at radius 3 is 2.95 bits per heavy atom. The third kappa shape index (κ3) is 3.23. The first kappa shape index (κ1) is 14.5. The Hall–Kier alpha value is -0.450. The second kappa shape index (κ2) is 6.54. The van der Waals surface area contributed by atoms with Gasteiger partial charge < -0.3 is 10.1 Å². The number of halogens is 1. The van der Waals surface area contributed by atoms with Gasteiger partial charge in [-0.1, -0.05) is 6.92 Å². The molecule has 2 bridgehead atoms. The first-order valence-corrected chi connectivity index (χ1v) is 8.55. The molecule has 20 heavy (non-hydrogen) atoms.